The van der Waals surface area contributed by atoms with Gasteiger partial charge in [0.2, 0.25) is 5.95 Å². The Morgan fingerprint density at radius 2 is 2.15 bits per heavy atom. The van der Waals surface area contributed by atoms with E-state index in [-0.39, 0.29) is 12.6 Å². The van der Waals surface area contributed by atoms with Gasteiger partial charge in [0.15, 0.2) is 0 Å². The first-order valence-electron chi connectivity index (χ1n) is 9.80. The van der Waals surface area contributed by atoms with E-state index < -0.39 is 0 Å². The number of nitrogens with one attached hydrogen (secondary N) is 2. The van der Waals surface area contributed by atoms with E-state index in [1.807, 2.05) is 18.0 Å². The van der Waals surface area contributed by atoms with Crippen LogP contribution in [0.3, 0.4) is 0 Å². The summed E-state index contributed by atoms with van der Waals surface area (Å²) in [4.78, 5) is 20.6. The van der Waals surface area contributed by atoms with Gasteiger partial charge >= 0.3 is 0 Å². The number of nitrogens with zero attached hydrogens (tertiary/aromatic N) is 4. The first kappa shape index (κ1) is 18.6. The molecule has 0 amide bonds. The van der Waals surface area contributed by atoms with Gasteiger partial charge in [-0.25, -0.2) is 9.97 Å². The molecule has 1 saturated heterocycles. The second-order valence-corrected chi connectivity index (χ2v) is 8.80. The summed E-state index contributed by atoms with van der Waals surface area (Å²) in [6.45, 7) is 6.23. The Morgan fingerprint density at radius 1 is 1.33 bits per heavy atom. The number of aromatic nitrogens is 4. The lowest BCUT2D eigenvalue weighted by Gasteiger charge is -2.32. The number of anilines is 2. The van der Waals surface area contributed by atoms with Crippen LogP contribution in [0.5, 0.6) is 0 Å². The Balaban J connectivity index is 1.52. The van der Waals surface area contributed by atoms with Crippen LogP contribution < -0.4 is 10.2 Å². The topological polar surface area (TPSA) is 90.0 Å². The fourth-order valence-electron chi connectivity index (χ4n) is 3.77. The molecule has 0 aromatic carbocycles. The summed E-state index contributed by atoms with van der Waals surface area (Å²) >= 11 is 1.81. The lowest BCUT2D eigenvalue weighted by atomic mass is 9.94. The smallest absolute Gasteiger partial charge is 0.227 e. The van der Waals surface area contributed by atoms with Crippen LogP contribution in [0, 0.1) is 5.92 Å². The third-order valence-corrected chi connectivity index (χ3v) is 6.70. The average Bonchev–Trinajstić information content (AvgIpc) is 3.37. The van der Waals surface area contributed by atoms with Gasteiger partial charge < -0.3 is 20.3 Å². The molecule has 2 aromatic rings. The number of aliphatic hydroxyl groups excluding tert-OH is 1. The number of thioether (sulfide) groups is 1. The first-order chi connectivity index (χ1) is 13.2. The summed E-state index contributed by atoms with van der Waals surface area (Å²) < 4.78 is 0. The molecule has 0 radical (unpaired) electrons. The zero-order chi connectivity index (χ0) is 18.8. The molecule has 0 aliphatic carbocycles. The number of fused-ring (bicyclic) bond motifs is 1. The van der Waals surface area contributed by atoms with Crippen LogP contribution in [0.25, 0.3) is 0 Å². The van der Waals surface area contributed by atoms with Crippen LogP contribution in [-0.2, 0) is 6.42 Å². The fraction of sp³-hybridized carbons (Fsp3) is 0.632. The molecule has 2 aromatic heterocycles. The van der Waals surface area contributed by atoms with Crippen molar-refractivity contribution in [2.75, 3.05) is 35.7 Å². The molecule has 1 fully saturated rings. The molecule has 1 unspecified atom stereocenters. The number of rotatable bonds is 6. The molecule has 0 bridgehead atoms. The molecule has 1 atom stereocenters. The largest absolute Gasteiger partial charge is 0.394 e. The minimum Gasteiger partial charge on any atom is -0.394 e. The summed E-state index contributed by atoms with van der Waals surface area (Å²) in [5, 5.41) is 13.2. The van der Waals surface area contributed by atoms with Crippen molar-refractivity contribution in [3.63, 3.8) is 0 Å². The van der Waals surface area contributed by atoms with E-state index in [0.29, 0.717) is 11.8 Å². The van der Waals surface area contributed by atoms with Gasteiger partial charge in [-0.3, -0.25) is 0 Å². The molecule has 2 aliphatic rings. The van der Waals surface area contributed by atoms with E-state index in [9.17, 15) is 5.11 Å². The van der Waals surface area contributed by atoms with E-state index >= 15 is 0 Å². The summed E-state index contributed by atoms with van der Waals surface area (Å²) in [7, 11) is 0. The van der Waals surface area contributed by atoms with Crippen LogP contribution >= 0.6 is 11.8 Å². The van der Waals surface area contributed by atoms with Gasteiger partial charge in [-0.05, 0) is 18.8 Å². The van der Waals surface area contributed by atoms with Crippen molar-refractivity contribution >= 4 is 23.5 Å². The molecule has 4 heterocycles. The Bertz CT molecular complexity index is 758. The second-order valence-electron chi connectivity index (χ2n) is 7.69. The van der Waals surface area contributed by atoms with Crippen LogP contribution in [0.1, 0.15) is 44.0 Å². The number of aryl methyl sites for hydroxylation is 1. The SMILES string of the molecule is CC(C)C(CO)Nc1nc(N2CCC(c3cnc[nH]3)CC2)nc2c1SCC2. The maximum atomic E-state index is 9.71. The van der Waals surface area contributed by atoms with Gasteiger partial charge in [0.1, 0.15) is 5.82 Å². The summed E-state index contributed by atoms with van der Waals surface area (Å²) in [6, 6.07) is 0.00386. The number of hydrogen-bond acceptors (Lipinski definition) is 7. The number of aliphatic hydroxyl groups is 1. The highest BCUT2D eigenvalue weighted by Crippen LogP contribution is 2.38. The Labute approximate surface area is 164 Å². The molecule has 27 heavy (non-hydrogen) atoms. The third-order valence-electron chi connectivity index (χ3n) is 5.57. The van der Waals surface area contributed by atoms with E-state index in [4.69, 9.17) is 9.97 Å². The predicted molar refractivity (Wildman–Crippen MR) is 109 cm³/mol. The van der Waals surface area contributed by atoms with Crippen molar-refractivity contribution in [3.05, 3.63) is 23.9 Å². The third kappa shape index (κ3) is 3.91. The minimum absolute atomic E-state index is 0.00386. The monoisotopic (exact) mass is 388 g/mol. The van der Waals surface area contributed by atoms with Crippen molar-refractivity contribution in [2.45, 2.75) is 50.0 Å². The number of hydrogen-bond donors (Lipinski definition) is 3. The lowest BCUT2D eigenvalue weighted by Crippen LogP contribution is -2.35. The molecule has 0 saturated carbocycles. The van der Waals surface area contributed by atoms with Gasteiger partial charge in [-0.1, -0.05) is 13.8 Å². The first-order valence-corrected chi connectivity index (χ1v) is 10.8. The number of piperidine rings is 1. The summed E-state index contributed by atoms with van der Waals surface area (Å²) in [5.74, 6) is 3.63. The van der Waals surface area contributed by atoms with Crippen molar-refractivity contribution in [3.8, 4) is 0 Å². The van der Waals surface area contributed by atoms with Gasteiger partial charge in [-0.2, -0.15) is 4.98 Å². The van der Waals surface area contributed by atoms with E-state index in [1.165, 1.54) is 5.69 Å². The predicted octanol–water partition coefficient (Wildman–Crippen LogP) is 2.66. The van der Waals surface area contributed by atoms with E-state index in [1.54, 1.807) is 6.33 Å². The van der Waals surface area contributed by atoms with Gasteiger partial charge in [0.05, 0.1) is 29.6 Å². The molecule has 146 valence electrons. The van der Waals surface area contributed by atoms with Crippen LogP contribution in [0.4, 0.5) is 11.8 Å². The minimum atomic E-state index is 0.00386. The Morgan fingerprint density at radius 3 is 2.81 bits per heavy atom. The zero-order valence-electron chi connectivity index (χ0n) is 16.0. The van der Waals surface area contributed by atoms with Crippen LogP contribution in [0.15, 0.2) is 17.4 Å². The van der Waals surface area contributed by atoms with Gasteiger partial charge in [0, 0.05) is 43.1 Å². The maximum absolute atomic E-state index is 9.71. The van der Waals surface area contributed by atoms with Crippen molar-refractivity contribution < 1.29 is 5.11 Å². The molecule has 0 spiro atoms. The molecule has 2 aliphatic heterocycles. The normalized spacial score (nSPS) is 18.7. The highest BCUT2D eigenvalue weighted by Gasteiger charge is 2.27. The standard InChI is InChI=1S/C19H28N6OS/c1-12(2)16(10-26)22-18-17-14(5-8-27-17)23-19(24-18)25-6-3-13(4-7-25)15-9-20-11-21-15/h9,11-13,16,26H,3-8,10H2,1-2H3,(H,20,21)(H,22,23,24). The molecule has 3 N–H and O–H groups in total. The van der Waals surface area contributed by atoms with Gasteiger partial charge in [-0.15, -0.1) is 11.8 Å². The molecule has 4 rings (SSSR count). The maximum Gasteiger partial charge on any atom is 0.227 e. The fourth-order valence-corrected chi connectivity index (χ4v) is 4.83. The zero-order valence-corrected chi connectivity index (χ0v) is 16.8. The number of imidazole rings is 1. The molecular formula is C19H28N6OS. The summed E-state index contributed by atoms with van der Waals surface area (Å²) in [5.41, 5.74) is 2.37. The van der Waals surface area contributed by atoms with Crippen molar-refractivity contribution in [1.29, 1.82) is 0 Å². The Kier molecular flexibility index (Phi) is 5.54. The van der Waals surface area contributed by atoms with E-state index in [0.717, 1.165) is 60.5 Å². The van der Waals surface area contributed by atoms with E-state index in [2.05, 4.69) is 34.0 Å². The summed E-state index contributed by atoms with van der Waals surface area (Å²) in [6.07, 6.45) is 6.83. The highest BCUT2D eigenvalue weighted by molar-refractivity contribution is 7.99. The van der Waals surface area contributed by atoms with Crippen LogP contribution in [0.2, 0.25) is 0 Å². The van der Waals surface area contributed by atoms with Crippen molar-refractivity contribution in [1.82, 2.24) is 19.9 Å². The average molecular weight is 389 g/mol. The van der Waals surface area contributed by atoms with Gasteiger partial charge in [0.25, 0.3) is 0 Å². The molecule has 7 nitrogen and oxygen atoms in total. The highest BCUT2D eigenvalue weighted by atomic mass is 32.2. The molecule has 8 heteroatoms. The molecular weight excluding hydrogens is 360 g/mol. The Hall–Kier alpha value is -1.80. The number of H-pyrrole nitrogens is 1. The van der Waals surface area contributed by atoms with Crippen LogP contribution in [-0.4, -0.2) is 56.5 Å². The number of aromatic amines is 1. The second kappa shape index (κ2) is 8.06. The van der Waals surface area contributed by atoms with Crippen molar-refractivity contribution in [2.24, 2.45) is 5.92 Å². The lowest BCUT2D eigenvalue weighted by molar-refractivity contribution is 0.249. The quantitative estimate of drug-likeness (QED) is 0.701.